The topological polar surface area (TPSA) is 149 Å². The molecule has 2 aromatic heterocycles. The van der Waals surface area contributed by atoms with Gasteiger partial charge >= 0.3 is 0 Å². The van der Waals surface area contributed by atoms with Gasteiger partial charge in [0.2, 0.25) is 5.91 Å². The van der Waals surface area contributed by atoms with Crippen LogP contribution in [0.4, 0.5) is 0 Å². The zero-order valence-corrected chi connectivity index (χ0v) is 15.0. The molecule has 0 saturated heterocycles. The maximum Gasteiger partial charge on any atom is 0.254 e. The largest absolute Gasteiger partial charge is 0.505 e. The van der Waals surface area contributed by atoms with Crippen molar-refractivity contribution in [2.75, 3.05) is 6.54 Å². The van der Waals surface area contributed by atoms with Crippen molar-refractivity contribution in [2.45, 2.75) is 6.42 Å². The smallest absolute Gasteiger partial charge is 0.254 e. The summed E-state index contributed by atoms with van der Waals surface area (Å²) in [5.41, 5.74) is 0.153. The quantitative estimate of drug-likeness (QED) is 0.531. The first kappa shape index (κ1) is 19.4. The van der Waals surface area contributed by atoms with E-state index in [2.05, 4.69) is 20.3 Å². The maximum atomic E-state index is 12.2. The van der Waals surface area contributed by atoms with Crippen LogP contribution in [0, 0.1) is 11.3 Å². The Bertz CT molecular complexity index is 1170. The van der Waals surface area contributed by atoms with E-state index in [1.54, 1.807) is 30.3 Å². The molecule has 0 saturated carbocycles. The van der Waals surface area contributed by atoms with Crippen molar-refractivity contribution in [2.24, 2.45) is 0 Å². The third-order valence-corrected chi connectivity index (χ3v) is 3.99. The first-order chi connectivity index (χ1) is 14.0. The Balaban J connectivity index is 1.66. The number of aromatic amines is 1. The number of H-pyrrole nitrogens is 1. The van der Waals surface area contributed by atoms with Crippen LogP contribution in [0.3, 0.4) is 0 Å². The molecule has 0 unspecified atom stereocenters. The van der Waals surface area contributed by atoms with Gasteiger partial charge in [0.25, 0.3) is 5.56 Å². The summed E-state index contributed by atoms with van der Waals surface area (Å²) in [7, 11) is 0. The Morgan fingerprint density at radius 3 is 2.59 bits per heavy atom. The molecule has 0 aliphatic rings. The number of carbonyl (C=O) groups is 2. The van der Waals surface area contributed by atoms with E-state index in [1.165, 1.54) is 18.5 Å². The molecule has 0 spiro atoms. The number of nitrogens with zero attached hydrogens (tertiary/aromatic N) is 3. The number of Topliss-reactive ketones (excluding diaryl/α,β-unsaturated/α-hetero) is 1. The number of carbonyl (C=O) groups excluding carboxylic acids is 2. The van der Waals surface area contributed by atoms with Gasteiger partial charge in [0.05, 0.1) is 18.5 Å². The van der Waals surface area contributed by atoms with Crippen LogP contribution in [-0.2, 0) is 11.2 Å². The number of hydrogen-bond acceptors (Lipinski definition) is 7. The molecule has 0 aliphatic carbocycles. The molecule has 144 valence electrons. The lowest BCUT2D eigenvalue weighted by molar-refractivity contribution is -0.120. The normalized spacial score (nSPS) is 10.2. The summed E-state index contributed by atoms with van der Waals surface area (Å²) in [5, 5.41) is 21.2. The highest BCUT2D eigenvalue weighted by molar-refractivity contribution is 5.99. The summed E-state index contributed by atoms with van der Waals surface area (Å²) in [5.74, 6) is -1.06. The molecule has 9 nitrogen and oxygen atoms in total. The minimum atomic E-state index is -0.579. The van der Waals surface area contributed by atoms with Gasteiger partial charge in [0, 0.05) is 29.6 Å². The molecular weight excluding hydrogens is 374 g/mol. The Morgan fingerprint density at radius 1 is 1.17 bits per heavy atom. The number of aromatic hydroxyl groups is 1. The number of nitriles is 1. The average molecular weight is 389 g/mol. The zero-order chi connectivity index (χ0) is 20.8. The molecule has 0 aliphatic heterocycles. The summed E-state index contributed by atoms with van der Waals surface area (Å²) >= 11 is 0. The number of rotatable bonds is 6. The molecule has 1 amide bonds. The van der Waals surface area contributed by atoms with Crippen molar-refractivity contribution in [3.05, 3.63) is 75.8 Å². The molecule has 3 N–H and O–H groups in total. The number of nitrogens with one attached hydrogen (secondary N) is 2. The van der Waals surface area contributed by atoms with Gasteiger partial charge in [-0.3, -0.25) is 14.4 Å². The van der Waals surface area contributed by atoms with Gasteiger partial charge in [0.15, 0.2) is 11.6 Å². The average Bonchev–Trinajstić information content (AvgIpc) is 2.74. The van der Waals surface area contributed by atoms with Gasteiger partial charge in [-0.15, -0.1) is 0 Å². The highest BCUT2D eigenvalue weighted by Crippen LogP contribution is 2.23. The van der Waals surface area contributed by atoms with Gasteiger partial charge < -0.3 is 15.4 Å². The Labute approximate surface area is 164 Å². The molecule has 1 aromatic carbocycles. The first-order valence-corrected chi connectivity index (χ1v) is 8.50. The monoisotopic (exact) mass is 389 g/mol. The van der Waals surface area contributed by atoms with E-state index < -0.39 is 11.5 Å². The van der Waals surface area contributed by atoms with Gasteiger partial charge in [-0.1, -0.05) is 30.3 Å². The van der Waals surface area contributed by atoms with Crippen molar-refractivity contribution in [1.29, 1.82) is 5.26 Å². The van der Waals surface area contributed by atoms with E-state index in [-0.39, 0.29) is 47.1 Å². The molecule has 29 heavy (non-hydrogen) atoms. The highest BCUT2D eigenvalue weighted by Gasteiger charge is 2.14. The second kappa shape index (κ2) is 8.58. The molecule has 2 heterocycles. The fraction of sp³-hybridized carbons (Fsp3) is 0.100. The SMILES string of the molecule is N#Cc1cnc(-c2ncc(CC(=O)NCC(=O)c3ccccc3)c(=O)[nH]2)c(O)c1. The van der Waals surface area contributed by atoms with Crippen LogP contribution in [0.5, 0.6) is 5.75 Å². The predicted octanol–water partition coefficient (Wildman–Crippen LogP) is 0.951. The Kier molecular flexibility index (Phi) is 5.75. The molecular formula is C20H15N5O4. The van der Waals surface area contributed by atoms with Crippen molar-refractivity contribution < 1.29 is 14.7 Å². The third kappa shape index (κ3) is 4.70. The lowest BCUT2D eigenvalue weighted by Crippen LogP contribution is -2.32. The summed E-state index contributed by atoms with van der Waals surface area (Å²) < 4.78 is 0. The van der Waals surface area contributed by atoms with E-state index in [9.17, 15) is 19.5 Å². The molecule has 3 aromatic rings. The van der Waals surface area contributed by atoms with Crippen LogP contribution >= 0.6 is 0 Å². The fourth-order valence-electron chi connectivity index (χ4n) is 2.50. The lowest BCUT2D eigenvalue weighted by Gasteiger charge is -2.06. The minimum absolute atomic E-state index is 0.000373. The van der Waals surface area contributed by atoms with Crippen LogP contribution in [0.1, 0.15) is 21.5 Å². The number of aromatic nitrogens is 3. The van der Waals surface area contributed by atoms with E-state index in [1.807, 2.05) is 6.07 Å². The van der Waals surface area contributed by atoms with Crippen LogP contribution in [0.2, 0.25) is 0 Å². The van der Waals surface area contributed by atoms with Crippen molar-refractivity contribution in [3.63, 3.8) is 0 Å². The minimum Gasteiger partial charge on any atom is -0.505 e. The lowest BCUT2D eigenvalue weighted by atomic mass is 10.1. The van der Waals surface area contributed by atoms with Crippen molar-refractivity contribution in [1.82, 2.24) is 20.3 Å². The standard InChI is InChI=1S/C20H15N5O4/c21-8-12-6-15(26)18(23-9-12)19-24-10-14(20(29)25-19)7-17(28)22-11-16(27)13-4-2-1-3-5-13/h1-6,9-10,26H,7,11H2,(H,22,28)(H,24,25,29). The number of pyridine rings is 1. The summed E-state index contributed by atoms with van der Waals surface area (Å²) in [6.07, 6.45) is 2.17. The van der Waals surface area contributed by atoms with E-state index in [4.69, 9.17) is 5.26 Å². The van der Waals surface area contributed by atoms with Crippen LogP contribution in [0.15, 0.2) is 53.6 Å². The van der Waals surface area contributed by atoms with E-state index in [0.717, 1.165) is 0 Å². The molecule has 0 bridgehead atoms. The second-order valence-electron chi connectivity index (χ2n) is 6.03. The fourth-order valence-corrected chi connectivity index (χ4v) is 2.50. The Hall–Kier alpha value is -4.32. The molecule has 0 fully saturated rings. The highest BCUT2D eigenvalue weighted by atomic mass is 16.3. The van der Waals surface area contributed by atoms with Crippen molar-refractivity contribution >= 4 is 11.7 Å². The number of hydrogen-bond donors (Lipinski definition) is 3. The predicted molar refractivity (Wildman–Crippen MR) is 102 cm³/mol. The van der Waals surface area contributed by atoms with E-state index >= 15 is 0 Å². The van der Waals surface area contributed by atoms with Crippen LogP contribution in [-0.4, -0.2) is 38.3 Å². The van der Waals surface area contributed by atoms with Crippen LogP contribution < -0.4 is 10.9 Å². The van der Waals surface area contributed by atoms with Gasteiger partial charge in [0.1, 0.15) is 17.5 Å². The molecule has 3 rings (SSSR count). The van der Waals surface area contributed by atoms with Gasteiger partial charge in [-0.2, -0.15) is 5.26 Å². The molecule has 0 radical (unpaired) electrons. The Morgan fingerprint density at radius 2 is 1.93 bits per heavy atom. The molecule has 0 atom stereocenters. The zero-order valence-electron chi connectivity index (χ0n) is 15.0. The number of benzene rings is 1. The molecule has 9 heteroatoms. The number of ketones is 1. The summed E-state index contributed by atoms with van der Waals surface area (Å²) in [6.45, 7) is -0.185. The van der Waals surface area contributed by atoms with Crippen molar-refractivity contribution in [3.8, 4) is 23.3 Å². The van der Waals surface area contributed by atoms with Gasteiger partial charge in [-0.05, 0) is 0 Å². The van der Waals surface area contributed by atoms with Crippen LogP contribution in [0.25, 0.3) is 11.5 Å². The van der Waals surface area contributed by atoms with Gasteiger partial charge in [-0.25, -0.2) is 9.97 Å². The third-order valence-electron chi connectivity index (χ3n) is 3.99. The second-order valence-corrected chi connectivity index (χ2v) is 6.03. The number of amides is 1. The summed E-state index contributed by atoms with van der Waals surface area (Å²) in [4.78, 5) is 46.7. The summed E-state index contributed by atoms with van der Waals surface area (Å²) in [6, 6.07) is 11.6. The first-order valence-electron chi connectivity index (χ1n) is 8.50. The maximum absolute atomic E-state index is 12.2. The van der Waals surface area contributed by atoms with E-state index in [0.29, 0.717) is 5.56 Å².